The van der Waals surface area contributed by atoms with E-state index in [9.17, 15) is 14.9 Å². The summed E-state index contributed by atoms with van der Waals surface area (Å²) >= 11 is 4.75. The van der Waals surface area contributed by atoms with Gasteiger partial charge in [0.05, 0.1) is 17.0 Å². The number of nitrogens with zero attached hydrogens (tertiary/aromatic N) is 2. The van der Waals surface area contributed by atoms with E-state index < -0.39 is 4.92 Å². The predicted molar refractivity (Wildman–Crippen MR) is 85.5 cm³/mol. The summed E-state index contributed by atoms with van der Waals surface area (Å²) in [5.74, 6) is -0.221. The minimum Gasteiger partial charge on any atom is -0.334 e. The highest BCUT2D eigenvalue weighted by Gasteiger charge is 2.23. The van der Waals surface area contributed by atoms with E-state index in [4.69, 9.17) is 0 Å². The standard InChI is InChI=1S/C14H13BrN2O3S/c1-2-16(9-10-5-4-8-21-10)14(18)11-6-3-7-12(13(11)15)17(19)20/h3-8H,2,9H2,1H3. The third kappa shape index (κ3) is 3.48. The second kappa shape index (κ2) is 6.82. The van der Waals surface area contributed by atoms with E-state index >= 15 is 0 Å². The zero-order chi connectivity index (χ0) is 15.4. The summed E-state index contributed by atoms with van der Waals surface area (Å²) in [7, 11) is 0. The molecule has 21 heavy (non-hydrogen) atoms. The molecule has 0 radical (unpaired) electrons. The second-order valence-electron chi connectivity index (χ2n) is 4.29. The lowest BCUT2D eigenvalue weighted by atomic mass is 10.1. The van der Waals surface area contributed by atoms with Crippen molar-refractivity contribution in [2.45, 2.75) is 13.5 Å². The number of hydrogen-bond acceptors (Lipinski definition) is 4. The first-order valence-corrected chi connectivity index (χ1v) is 7.96. The van der Waals surface area contributed by atoms with Gasteiger partial charge in [0.2, 0.25) is 0 Å². The van der Waals surface area contributed by atoms with E-state index in [1.807, 2.05) is 24.4 Å². The number of nitro benzene ring substituents is 1. The number of nitro groups is 1. The van der Waals surface area contributed by atoms with Crippen LogP contribution in [0.5, 0.6) is 0 Å². The number of carbonyl (C=O) groups excluding carboxylic acids is 1. The first kappa shape index (κ1) is 15.7. The molecule has 0 aliphatic rings. The van der Waals surface area contributed by atoms with Crippen molar-refractivity contribution in [3.63, 3.8) is 0 Å². The number of amides is 1. The van der Waals surface area contributed by atoms with Crippen molar-refractivity contribution in [3.05, 3.63) is 60.7 Å². The molecular weight excluding hydrogens is 356 g/mol. The number of carbonyl (C=O) groups is 1. The van der Waals surface area contributed by atoms with Crippen LogP contribution in [-0.4, -0.2) is 22.3 Å². The molecule has 0 saturated carbocycles. The summed E-state index contributed by atoms with van der Waals surface area (Å²) in [5, 5.41) is 12.9. The molecule has 0 atom stereocenters. The van der Waals surface area contributed by atoms with Gasteiger partial charge in [-0.2, -0.15) is 0 Å². The van der Waals surface area contributed by atoms with Crippen LogP contribution in [0.4, 0.5) is 5.69 Å². The van der Waals surface area contributed by atoms with Gasteiger partial charge in [0.25, 0.3) is 11.6 Å². The van der Waals surface area contributed by atoms with Crippen molar-refractivity contribution in [2.75, 3.05) is 6.54 Å². The van der Waals surface area contributed by atoms with Gasteiger partial charge in [0.1, 0.15) is 4.47 Å². The minimum absolute atomic E-state index is 0.104. The Balaban J connectivity index is 2.29. The van der Waals surface area contributed by atoms with Crippen LogP contribution in [0, 0.1) is 10.1 Å². The fourth-order valence-electron chi connectivity index (χ4n) is 1.91. The largest absolute Gasteiger partial charge is 0.334 e. The van der Waals surface area contributed by atoms with Gasteiger partial charge in [-0.25, -0.2) is 0 Å². The molecule has 0 aliphatic heterocycles. The van der Waals surface area contributed by atoms with Crippen molar-refractivity contribution in [1.29, 1.82) is 0 Å². The maximum Gasteiger partial charge on any atom is 0.284 e. The molecule has 0 N–H and O–H groups in total. The number of thiophene rings is 1. The van der Waals surface area contributed by atoms with Crippen molar-refractivity contribution in [2.24, 2.45) is 0 Å². The Morgan fingerprint density at radius 3 is 2.71 bits per heavy atom. The third-order valence-corrected chi connectivity index (χ3v) is 4.70. The Labute approximate surface area is 134 Å². The summed E-state index contributed by atoms with van der Waals surface area (Å²) in [6, 6.07) is 8.38. The summed E-state index contributed by atoms with van der Waals surface area (Å²) in [6.07, 6.45) is 0. The molecule has 2 rings (SSSR count). The van der Waals surface area contributed by atoms with Gasteiger partial charge >= 0.3 is 0 Å². The van der Waals surface area contributed by atoms with Gasteiger partial charge in [0, 0.05) is 17.5 Å². The van der Waals surface area contributed by atoms with Crippen LogP contribution in [0.25, 0.3) is 0 Å². The molecule has 1 aromatic heterocycles. The topological polar surface area (TPSA) is 63.5 Å². The van der Waals surface area contributed by atoms with E-state index in [1.54, 1.807) is 22.3 Å². The Hall–Kier alpha value is -1.73. The average molecular weight is 369 g/mol. The first-order valence-electron chi connectivity index (χ1n) is 6.29. The Morgan fingerprint density at radius 2 is 2.14 bits per heavy atom. The zero-order valence-electron chi connectivity index (χ0n) is 11.3. The van der Waals surface area contributed by atoms with E-state index in [2.05, 4.69) is 15.9 Å². The summed E-state index contributed by atoms with van der Waals surface area (Å²) in [6.45, 7) is 2.92. The molecule has 110 valence electrons. The summed E-state index contributed by atoms with van der Waals surface area (Å²) in [5.41, 5.74) is 0.204. The molecule has 1 heterocycles. The Morgan fingerprint density at radius 1 is 1.38 bits per heavy atom. The third-order valence-electron chi connectivity index (χ3n) is 3.00. The van der Waals surface area contributed by atoms with Crippen LogP contribution in [0.3, 0.4) is 0 Å². The molecule has 0 spiro atoms. The van der Waals surface area contributed by atoms with Crippen molar-refractivity contribution in [1.82, 2.24) is 4.90 Å². The highest BCUT2D eigenvalue weighted by Crippen LogP contribution is 2.29. The van der Waals surface area contributed by atoms with Gasteiger partial charge in [-0.1, -0.05) is 12.1 Å². The van der Waals surface area contributed by atoms with E-state index in [0.717, 1.165) is 4.88 Å². The van der Waals surface area contributed by atoms with Crippen LogP contribution in [0.2, 0.25) is 0 Å². The molecule has 1 aromatic carbocycles. The molecule has 0 aliphatic carbocycles. The zero-order valence-corrected chi connectivity index (χ0v) is 13.7. The maximum atomic E-state index is 12.6. The lowest BCUT2D eigenvalue weighted by Gasteiger charge is -2.20. The van der Waals surface area contributed by atoms with Crippen molar-refractivity contribution < 1.29 is 9.72 Å². The molecule has 5 nitrogen and oxygen atoms in total. The molecular formula is C14H13BrN2O3S. The van der Waals surface area contributed by atoms with Crippen LogP contribution < -0.4 is 0 Å². The molecule has 2 aromatic rings. The lowest BCUT2D eigenvalue weighted by molar-refractivity contribution is -0.385. The van der Waals surface area contributed by atoms with E-state index in [0.29, 0.717) is 18.7 Å². The van der Waals surface area contributed by atoms with Gasteiger partial charge in [0.15, 0.2) is 0 Å². The number of benzene rings is 1. The first-order chi connectivity index (χ1) is 10.0. The van der Waals surface area contributed by atoms with Crippen molar-refractivity contribution >= 4 is 38.9 Å². The highest BCUT2D eigenvalue weighted by atomic mass is 79.9. The Kier molecular flexibility index (Phi) is 5.08. The highest BCUT2D eigenvalue weighted by molar-refractivity contribution is 9.10. The molecule has 0 bridgehead atoms. The number of halogens is 1. The lowest BCUT2D eigenvalue weighted by Crippen LogP contribution is -2.30. The smallest absolute Gasteiger partial charge is 0.284 e. The van der Waals surface area contributed by atoms with E-state index in [-0.39, 0.29) is 16.1 Å². The number of hydrogen-bond donors (Lipinski definition) is 0. The molecule has 0 unspecified atom stereocenters. The van der Waals surface area contributed by atoms with E-state index in [1.165, 1.54) is 12.1 Å². The predicted octanol–water partition coefficient (Wildman–Crippen LogP) is 4.08. The molecule has 0 fully saturated rings. The fraction of sp³-hybridized carbons (Fsp3) is 0.214. The molecule has 1 amide bonds. The Bertz CT molecular complexity index is 658. The van der Waals surface area contributed by atoms with Crippen LogP contribution in [-0.2, 0) is 6.54 Å². The van der Waals surface area contributed by atoms with Crippen molar-refractivity contribution in [3.8, 4) is 0 Å². The second-order valence-corrected chi connectivity index (χ2v) is 6.12. The molecule has 0 saturated heterocycles. The fourth-order valence-corrected chi connectivity index (χ4v) is 3.21. The molecule has 7 heteroatoms. The monoisotopic (exact) mass is 368 g/mol. The summed E-state index contributed by atoms with van der Waals surface area (Å²) in [4.78, 5) is 25.8. The van der Waals surface area contributed by atoms with Crippen LogP contribution in [0.15, 0.2) is 40.2 Å². The summed E-state index contributed by atoms with van der Waals surface area (Å²) < 4.78 is 0.227. The van der Waals surface area contributed by atoms with Gasteiger partial charge in [-0.15, -0.1) is 11.3 Å². The van der Waals surface area contributed by atoms with Crippen LogP contribution in [0.1, 0.15) is 22.2 Å². The van der Waals surface area contributed by atoms with Gasteiger partial charge < -0.3 is 4.90 Å². The number of rotatable bonds is 5. The quantitative estimate of drug-likeness (QED) is 0.589. The normalized spacial score (nSPS) is 10.4. The average Bonchev–Trinajstić information content (AvgIpc) is 2.97. The van der Waals surface area contributed by atoms with Gasteiger partial charge in [-0.3, -0.25) is 14.9 Å². The van der Waals surface area contributed by atoms with Crippen LogP contribution >= 0.6 is 27.3 Å². The van der Waals surface area contributed by atoms with Gasteiger partial charge in [-0.05, 0) is 40.4 Å². The minimum atomic E-state index is -0.504. The SMILES string of the molecule is CCN(Cc1cccs1)C(=O)c1cccc([N+](=O)[O-])c1Br. The maximum absolute atomic E-state index is 12.6.